The summed E-state index contributed by atoms with van der Waals surface area (Å²) in [6, 6.07) is 20.2. The second kappa shape index (κ2) is 8.71. The Labute approximate surface area is 172 Å². The van der Waals surface area contributed by atoms with E-state index in [-0.39, 0.29) is 6.61 Å². The molecular weight excluding hydrogens is 390 g/mol. The van der Waals surface area contributed by atoms with Crippen molar-refractivity contribution in [2.75, 3.05) is 18.5 Å². The van der Waals surface area contributed by atoms with Crippen molar-refractivity contribution in [3.05, 3.63) is 76.8 Å². The van der Waals surface area contributed by atoms with E-state index < -0.39 is 0 Å². The zero-order valence-electron chi connectivity index (χ0n) is 15.2. The number of hydrogen-bond acceptors (Lipinski definition) is 5. The van der Waals surface area contributed by atoms with Gasteiger partial charge in [0, 0.05) is 39.8 Å². The summed E-state index contributed by atoms with van der Waals surface area (Å²) in [5, 5.41) is 17.3. The standard InChI is InChI=1S/C22H20ClN3OS/c23-21-17(15-5-2-1-3-6-15)7-4-8-19(21)26-22-18-13-16(14-24-11-12-27)28-20(18)9-10-25-22/h1-10,13,24,27H,11-12,14H2,(H,25,26). The van der Waals surface area contributed by atoms with Gasteiger partial charge in [-0.2, -0.15) is 0 Å². The van der Waals surface area contributed by atoms with Crippen LogP contribution < -0.4 is 10.6 Å². The smallest absolute Gasteiger partial charge is 0.139 e. The SMILES string of the molecule is OCCNCc1cc2c(Nc3cccc(-c4ccccc4)c3Cl)nccc2s1. The van der Waals surface area contributed by atoms with Crippen LogP contribution in [0.1, 0.15) is 4.88 Å². The Morgan fingerprint density at radius 1 is 1.04 bits per heavy atom. The van der Waals surface area contributed by atoms with Crippen molar-refractivity contribution in [2.45, 2.75) is 6.54 Å². The predicted octanol–water partition coefficient (Wildman–Crippen LogP) is 5.44. The molecule has 4 rings (SSSR count). The van der Waals surface area contributed by atoms with Crippen molar-refractivity contribution in [2.24, 2.45) is 0 Å². The number of halogens is 1. The normalized spacial score (nSPS) is 11.1. The van der Waals surface area contributed by atoms with Gasteiger partial charge in [-0.25, -0.2) is 4.98 Å². The Kier molecular flexibility index (Phi) is 5.88. The summed E-state index contributed by atoms with van der Waals surface area (Å²) in [6.07, 6.45) is 1.81. The lowest BCUT2D eigenvalue weighted by atomic mass is 10.1. The average molecular weight is 410 g/mol. The Morgan fingerprint density at radius 3 is 2.71 bits per heavy atom. The Hall–Kier alpha value is -2.44. The van der Waals surface area contributed by atoms with Crippen LogP contribution in [0.2, 0.25) is 5.02 Å². The van der Waals surface area contributed by atoms with Gasteiger partial charge in [0.25, 0.3) is 0 Å². The number of aliphatic hydroxyl groups excluding tert-OH is 1. The second-order valence-corrected chi connectivity index (χ2v) is 7.89. The van der Waals surface area contributed by atoms with Gasteiger partial charge in [0.2, 0.25) is 0 Å². The fraction of sp³-hybridized carbons (Fsp3) is 0.136. The molecule has 6 heteroatoms. The molecule has 0 saturated carbocycles. The minimum Gasteiger partial charge on any atom is -0.395 e. The summed E-state index contributed by atoms with van der Waals surface area (Å²) >= 11 is 8.43. The maximum atomic E-state index is 8.93. The highest BCUT2D eigenvalue weighted by molar-refractivity contribution is 7.19. The van der Waals surface area contributed by atoms with E-state index >= 15 is 0 Å². The monoisotopic (exact) mass is 409 g/mol. The second-order valence-electron chi connectivity index (χ2n) is 6.34. The van der Waals surface area contributed by atoms with E-state index in [1.807, 2.05) is 42.5 Å². The van der Waals surface area contributed by atoms with Crippen LogP contribution in [-0.4, -0.2) is 23.2 Å². The van der Waals surface area contributed by atoms with Gasteiger partial charge in [-0.3, -0.25) is 0 Å². The highest BCUT2D eigenvalue weighted by Gasteiger charge is 2.12. The number of rotatable bonds is 7. The molecule has 4 aromatic rings. The van der Waals surface area contributed by atoms with E-state index in [4.69, 9.17) is 16.7 Å². The van der Waals surface area contributed by atoms with Crippen molar-refractivity contribution in [1.29, 1.82) is 0 Å². The van der Waals surface area contributed by atoms with E-state index in [1.54, 1.807) is 17.5 Å². The molecule has 0 saturated heterocycles. The fourth-order valence-electron chi connectivity index (χ4n) is 3.09. The predicted molar refractivity (Wildman–Crippen MR) is 119 cm³/mol. The van der Waals surface area contributed by atoms with Crippen LogP contribution in [0.5, 0.6) is 0 Å². The molecule has 0 bridgehead atoms. The van der Waals surface area contributed by atoms with Gasteiger partial charge in [-0.15, -0.1) is 11.3 Å². The van der Waals surface area contributed by atoms with Gasteiger partial charge in [-0.05, 0) is 23.8 Å². The summed E-state index contributed by atoms with van der Waals surface area (Å²) in [5.74, 6) is 0.786. The number of hydrogen-bond donors (Lipinski definition) is 3. The van der Waals surface area contributed by atoms with Gasteiger partial charge in [0.05, 0.1) is 17.3 Å². The van der Waals surface area contributed by atoms with Gasteiger partial charge in [-0.1, -0.05) is 54.1 Å². The fourth-order valence-corrected chi connectivity index (χ4v) is 4.40. The van der Waals surface area contributed by atoms with Crippen molar-refractivity contribution >= 4 is 44.5 Å². The van der Waals surface area contributed by atoms with Gasteiger partial charge in [0.1, 0.15) is 5.82 Å². The van der Waals surface area contributed by atoms with Crippen LogP contribution in [0, 0.1) is 0 Å². The maximum absolute atomic E-state index is 8.93. The molecular formula is C22H20ClN3OS. The lowest BCUT2D eigenvalue weighted by Gasteiger charge is -2.12. The third kappa shape index (κ3) is 4.03. The Balaban J connectivity index is 1.65. The van der Waals surface area contributed by atoms with E-state index in [1.165, 1.54) is 4.88 Å². The van der Waals surface area contributed by atoms with Gasteiger partial charge < -0.3 is 15.7 Å². The van der Waals surface area contributed by atoms with Crippen LogP contribution in [0.25, 0.3) is 21.2 Å². The van der Waals surface area contributed by atoms with E-state index in [9.17, 15) is 0 Å². The zero-order chi connectivity index (χ0) is 19.3. The average Bonchev–Trinajstić information content (AvgIpc) is 3.14. The molecule has 28 heavy (non-hydrogen) atoms. The Bertz CT molecular complexity index is 1080. The first-order chi connectivity index (χ1) is 13.8. The first-order valence-corrected chi connectivity index (χ1v) is 10.3. The molecule has 0 aliphatic carbocycles. The molecule has 0 spiro atoms. The molecule has 3 N–H and O–H groups in total. The van der Waals surface area contributed by atoms with E-state index in [0.717, 1.165) is 39.3 Å². The van der Waals surface area contributed by atoms with E-state index in [2.05, 4.69) is 33.8 Å². The molecule has 4 nitrogen and oxygen atoms in total. The quantitative estimate of drug-likeness (QED) is 0.355. The number of thiophene rings is 1. The molecule has 142 valence electrons. The minimum absolute atomic E-state index is 0.134. The number of nitrogens with one attached hydrogen (secondary N) is 2. The van der Waals surface area contributed by atoms with Crippen molar-refractivity contribution in [1.82, 2.24) is 10.3 Å². The van der Waals surface area contributed by atoms with Crippen LogP contribution >= 0.6 is 22.9 Å². The lowest BCUT2D eigenvalue weighted by Crippen LogP contribution is -2.16. The zero-order valence-corrected chi connectivity index (χ0v) is 16.7. The van der Waals surface area contributed by atoms with Crippen molar-refractivity contribution in [3.63, 3.8) is 0 Å². The van der Waals surface area contributed by atoms with Gasteiger partial charge >= 0.3 is 0 Å². The van der Waals surface area contributed by atoms with Crippen LogP contribution in [0.3, 0.4) is 0 Å². The van der Waals surface area contributed by atoms with Crippen LogP contribution in [0.15, 0.2) is 66.9 Å². The molecule has 0 fully saturated rings. The van der Waals surface area contributed by atoms with E-state index in [0.29, 0.717) is 11.6 Å². The highest BCUT2D eigenvalue weighted by atomic mass is 35.5. The lowest BCUT2D eigenvalue weighted by molar-refractivity contribution is 0.292. The largest absolute Gasteiger partial charge is 0.395 e. The molecule has 0 atom stereocenters. The van der Waals surface area contributed by atoms with Crippen molar-refractivity contribution < 1.29 is 5.11 Å². The number of benzene rings is 2. The first-order valence-electron chi connectivity index (χ1n) is 9.06. The van der Waals surface area contributed by atoms with Gasteiger partial charge in [0.15, 0.2) is 0 Å². The van der Waals surface area contributed by atoms with Crippen molar-refractivity contribution in [3.8, 4) is 11.1 Å². The molecule has 0 radical (unpaired) electrons. The maximum Gasteiger partial charge on any atom is 0.139 e. The van der Waals surface area contributed by atoms with Crippen LogP contribution in [-0.2, 0) is 6.54 Å². The Morgan fingerprint density at radius 2 is 1.89 bits per heavy atom. The number of anilines is 2. The molecule has 2 aromatic carbocycles. The topological polar surface area (TPSA) is 57.2 Å². The third-order valence-electron chi connectivity index (χ3n) is 4.42. The number of aliphatic hydroxyl groups is 1. The summed E-state index contributed by atoms with van der Waals surface area (Å²) in [5.41, 5.74) is 2.89. The molecule has 0 amide bonds. The summed E-state index contributed by atoms with van der Waals surface area (Å²) in [4.78, 5) is 5.73. The highest BCUT2D eigenvalue weighted by Crippen LogP contribution is 2.37. The molecule has 2 aromatic heterocycles. The third-order valence-corrected chi connectivity index (χ3v) is 5.93. The molecule has 0 aliphatic heterocycles. The summed E-state index contributed by atoms with van der Waals surface area (Å²) < 4.78 is 1.16. The first kappa shape index (κ1) is 18.9. The molecule has 0 unspecified atom stereocenters. The summed E-state index contributed by atoms with van der Waals surface area (Å²) in [7, 11) is 0. The molecule has 2 heterocycles. The number of nitrogens with zero attached hydrogens (tertiary/aromatic N) is 1. The summed E-state index contributed by atoms with van der Waals surface area (Å²) in [6.45, 7) is 1.44. The molecule has 0 aliphatic rings. The number of pyridine rings is 1. The number of fused-ring (bicyclic) bond motifs is 1. The minimum atomic E-state index is 0.134. The number of aromatic nitrogens is 1. The van der Waals surface area contributed by atoms with Crippen LogP contribution in [0.4, 0.5) is 11.5 Å².